The summed E-state index contributed by atoms with van der Waals surface area (Å²) < 4.78 is 17.5. The second-order valence-electron chi connectivity index (χ2n) is 10.7. The number of allylic oxidation sites excluding steroid dienone is 4. The van der Waals surface area contributed by atoms with Crippen LogP contribution in [0, 0.1) is 12.7 Å². The highest BCUT2D eigenvalue weighted by Crippen LogP contribution is 2.28. The van der Waals surface area contributed by atoms with Gasteiger partial charge in [0.2, 0.25) is 0 Å². The largest absolute Gasteiger partial charge is 0.497 e. The molecule has 6 heteroatoms. The lowest BCUT2D eigenvalue weighted by Crippen LogP contribution is -2.46. The first-order valence-corrected chi connectivity index (χ1v) is 14.2. The Kier molecular flexibility index (Phi) is 11.3. The summed E-state index contributed by atoms with van der Waals surface area (Å²) in [6.45, 7) is 16.0. The summed E-state index contributed by atoms with van der Waals surface area (Å²) in [7, 11) is 1.68. The zero-order valence-electron chi connectivity index (χ0n) is 25.3. The highest BCUT2D eigenvalue weighted by Gasteiger charge is 2.25. The lowest BCUT2D eigenvalue weighted by Gasteiger charge is -2.32. The van der Waals surface area contributed by atoms with E-state index in [0.717, 1.165) is 54.1 Å². The summed E-state index contributed by atoms with van der Waals surface area (Å²) in [6, 6.07) is 12.7. The number of aryl methyl sites for hydroxylation is 2. The van der Waals surface area contributed by atoms with Gasteiger partial charge in [0.25, 0.3) is 5.91 Å². The Morgan fingerprint density at radius 3 is 2.46 bits per heavy atom. The van der Waals surface area contributed by atoms with Gasteiger partial charge in [-0.2, -0.15) is 0 Å². The Bertz CT molecular complexity index is 1370. The van der Waals surface area contributed by atoms with Crippen molar-refractivity contribution in [3.05, 3.63) is 118 Å². The molecule has 2 aromatic rings. The number of carbonyl (C=O) groups is 1. The van der Waals surface area contributed by atoms with E-state index in [4.69, 9.17) is 10.5 Å². The van der Waals surface area contributed by atoms with Crippen LogP contribution in [0.4, 0.5) is 4.39 Å². The van der Waals surface area contributed by atoms with Crippen molar-refractivity contribution in [2.24, 2.45) is 5.73 Å². The third kappa shape index (κ3) is 8.54. The maximum absolute atomic E-state index is 12.9. The van der Waals surface area contributed by atoms with Gasteiger partial charge in [-0.25, -0.2) is 4.39 Å². The third-order valence-corrected chi connectivity index (χ3v) is 7.69. The van der Waals surface area contributed by atoms with Gasteiger partial charge >= 0.3 is 0 Å². The van der Waals surface area contributed by atoms with Crippen molar-refractivity contribution in [3.8, 4) is 5.75 Å². The minimum Gasteiger partial charge on any atom is -0.497 e. The lowest BCUT2D eigenvalue weighted by atomic mass is 10.00. The van der Waals surface area contributed by atoms with Gasteiger partial charge in [-0.15, -0.1) is 0 Å². The van der Waals surface area contributed by atoms with Crippen LogP contribution >= 0.6 is 0 Å². The van der Waals surface area contributed by atoms with E-state index in [1.807, 2.05) is 47.2 Å². The Morgan fingerprint density at radius 1 is 1.17 bits per heavy atom. The highest BCUT2D eigenvalue weighted by molar-refractivity contribution is 5.97. The van der Waals surface area contributed by atoms with E-state index in [1.165, 1.54) is 28.8 Å². The summed E-state index contributed by atoms with van der Waals surface area (Å²) in [5.74, 6) is 0.730. The number of benzene rings is 2. The van der Waals surface area contributed by atoms with Crippen LogP contribution in [-0.2, 0) is 11.2 Å². The molecule has 0 spiro atoms. The fourth-order valence-corrected chi connectivity index (χ4v) is 4.85. The molecule has 0 radical (unpaired) electrons. The van der Waals surface area contributed by atoms with Gasteiger partial charge < -0.3 is 20.3 Å². The standard InChI is InChI=1S/C27H35N3O2.C8H9F/c1-18(14-23-9-10-26(32-6)15-19(23)2)21(4)22(5)30-13-11-24(16-20(30)3)27(31)29-12-7-8-25(28)17-29;1-2-7-3-5-8(9)6-4-7/h9-11,13-16,25H,3,7-8,12,17,28H2,1-2,4-6H3;3-6H,2H2,1H3/b18-14+,22-21+;. The van der Waals surface area contributed by atoms with Gasteiger partial charge in [0.05, 0.1) is 7.11 Å². The molecular weight excluding hydrogens is 513 g/mol. The normalized spacial score (nSPS) is 17.9. The number of piperidine rings is 1. The molecule has 0 bridgehead atoms. The summed E-state index contributed by atoms with van der Waals surface area (Å²) in [6.07, 6.45) is 10.8. The molecule has 2 heterocycles. The molecule has 2 aliphatic heterocycles. The Morgan fingerprint density at radius 2 is 1.88 bits per heavy atom. The Labute approximate surface area is 245 Å². The molecule has 4 rings (SSSR count). The van der Waals surface area contributed by atoms with Crippen LogP contribution in [0.15, 0.2) is 95.5 Å². The average molecular weight is 558 g/mol. The minimum absolute atomic E-state index is 0.0293. The fourth-order valence-electron chi connectivity index (χ4n) is 4.85. The van der Waals surface area contributed by atoms with Crippen molar-refractivity contribution in [2.75, 3.05) is 20.2 Å². The van der Waals surface area contributed by atoms with E-state index >= 15 is 0 Å². The van der Waals surface area contributed by atoms with Crippen molar-refractivity contribution >= 4 is 12.0 Å². The lowest BCUT2D eigenvalue weighted by molar-refractivity contribution is -0.127. The SMILES string of the molecule is C=C1C=C(C(=O)N2CCCC(N)C2)C=CN1/C(C)=C(C)/C(C)=C/c1ccc(OC)cc1C.CCc1ccc(F)cc1. The number of halogens is 1. The predicted octanol–water partition coefficient (Wildman–Crippen LogP) is 7.31. The fraction of sp³-hybridized carbons (Fsp3) is 0.343. The third-order valence-electron chi connectivity index (χ3n) is 7.69. The smallest absolute Gasteiger partial charge is 0.254 e. The minimum atomic E-state index is -0.160. The number of hydrogen-bond donors (Lipinski definition) is 1. The molecule has 41 heavy (non-hydrogen) atoms. The van der Waals surface area contributed by atoms with Gasteiger partial charge in [0, 0.05) is 42.3 Å². The first-order valence-electron chi connectivity index (χ1n) is 14.2. The van der Waals surface area contributed by atoms with Crippen LogP contribution in [0.5, 0.6) is 5.75 Å². The summed E-state index contributed by atoms with van der Waals surface area (Å²) in [5.41, 5.74) is 14.4. The van der Waals surface area contributed by atoms with Crippen LogP contribution in [0.1, 0.15) is 57.2 Å². The van der Waals surface area contributed by atoms with Crippen molar-refractivity contribution in [1.82, 2.24) is 9.80 Å². The Balaban J connectivity index is 0.000000436. The summed E-state index contributed by atoms with van der Waals surface area (Å²) >= 11 is 0. The number of methoxy groups -OCH3 is 1. The number of rotatable bonds is 6. The number of nitrogens with zero attached hydrogens (tertiary/aromatic N) is 2. The molecule has 2 aromatic carbocycles. The van der Waals surface area contributed by atoms with E-state index in [-0.39, 0.29) is 17.8 Å². The van der Waals surface area contributed by atoms with E-state index in [2.05, 4.69) is 46.4 Å². The van der Waals surface area contributed by atoms with Crippen LogP contribution in [0.25, 0.3) is 6.08 Å². The first kappa shape index (κ1) is 31.6. The van der Waals surface area contributed by atoms with Gasteiger partial charge in [-0.1, -0.05) is 37.8 Å². The molecule has 0 saturated carbocycles. The van der Waals surface area contributed by atoms with E-state index in [0.29, 0.717) is 12.1 Å². The molecule has 218 valence electrons. The topological polar surface area (TPSA) is 58.8 Å². The molecule has 1 saturated heterocycles. The molecule has 0 aromatic heterocycles. The maximum atomic E-state index is 12.9. The van der Waals surface area contributed by atoms with Gasteiger partial charge in [0.15, 0.2) is 0 Å². The zero-order valence-corrected chi connectivity index (χ0v) is 25.3. The maximum Gasteiger partial charge on any atom is 0.254 e. The van der Waals surface area contributed by atoms with Crippen LogP contribution < -0.4 is 10.5 Å². The zero-order chi connectivity index (χ0) is 30.1. The highest BCUT2D eigenvalue weighted by atomic mass is 19.1. The number of ether oxygens (including phenoxy) is 1. The quantitative estimate of drug-likeness (QED) is 0.379. The van der Waals surface area contributed by atoms with Crippen molar-refractivity contribution in [1.29, 1.82) is 0 Å². The van der Waals surface area contributed by atoms with E-state index in [1.54, 1.807) is 19.2 Å². The van der Waals surface area contributed by atoms with Crippen molar-refractivity contribution in [3.63, 3.8) is 0 Å². The predicted molar refractivity (Wildman–Crippen MR) is 168 cm³/mol. The Hall–Kier alpha value is -3.90. The van der Waals surface area contributed by atoms with Gasteiger partial charge in [0.1, 0.15) is 11.6 Å². The average Bonchev–Trinajstić information content (AvgIpc) is 2.97. The number of carbonyl (C=O) groups excluding carboxylic acids is 1. The first-order chi connectivity index (χ1) is 19.5. The van der Waals surface area contributed by atoms with E-state index < -0.39 is 0 Å². The molecule has 2 N–H and O–H groups in total. The molecular formula is C35H44FN3O2. The second kappa shape index (κ2) is 14.6. The summed E-state index contributed by atoms with van der Waals surface area (Å²) in [5, 5.41) is 0. The van der Waals surface area contributed by atoms with Crippen LogP contribution in [0.2, 0.25) is 0 Å². The van der Waals surface area contributed by atoms with Crippen LogP contribution in [0.3, 0.4) is 0 Å². The van der Waals surface area contributed by atoms with Crippen LogP contribution in [-0.4, -0.2) is 41.9 Å². The van der Waals surface area contributed by atoms with Gasteiger partial charge in [-0.05, 0) is 111 Å². The number of amides is 1. The second-order valence-corrected chi connectivity index (χ2v) is 10.7. The number of hydrogen-bond acceptors (Lipinski definition) is 4. The monoisotopic (exact) mass is 557 g/mol. The molecule has 1 unspecified atom stereocenters. The number of nitrogens with two attached hydrogens (primary N) is 1. The van der Waals surface area contributed by atoms with E-state index in [9.17, 15) is 9.18 Å². The summed E-state index contributed by atoms with van der Waals surface area (Å²) in [4.78, 5) is 16.8. The molecule has 1 fully saturated rings. The number of likely N-dealkylation sites (tertiary alicyclic amines) is 1. The van der Waals surface area contributed by atoms with Gasteiger partial charge in [-0.3, -0.25) is 4.79 Å². The van der Waals surface area contributed by atoms with Crippen molar-refractivity contribution < 1.29 is 13.9 Å². The molecule has 1 amide bonds. The molecule has 0 aliphatic carbocycles. The molecule has 2 aliphatic rings. The molecule has 5 nitrogen and oxygen atoms in total. The van der Waals surface area contributed by atoms with Crippen molar-refractivity contribution in [2.45, 2.75) is 59.9 Å². The molecule has 1 atom stereocenters.